The first-order chi connectivity index (χ1) is 13.6. The number of hydrogen-bond acceptors (Lipinski definition) is 6. The highest BCUT2D eigenvalue weighted by molar-refractivity contribution is 5.93. The van der Waals surface area contributed by atoms with E-state index >= 15 is 0 Å². The Kier molecular flexibility index (Phi) is 7.33. The third-order valence-corrected chi connectivity index (χ3v) is 4.87. The van der Waals surface area contributed by atoms with Gasteiger partial charge in [0.15, 0.2) is 0 Å². The molecule has 0 spiro atoms. The first-order valence-corrected chi connectivity index (χ1v) is 9.88. The molecule has 1 aromatic heterocycles. The van der Waals surface area contributed by atoms with Crippen molar-refractivity contribution in [3.05, 3.63) is 53.9 Å². The molecule has 0 radical (unpaired) electrons. The lowest BCUT2D eigenvalue weighted by molar-refractivity contribution is 0.0627. The average molecular weight is 383 g/mol. The molecule has 0 atom stereocenters. The predicted molar refractivity (Wildman–Crippen MR) is 111 cm³/mol. The van der Waals surface area contributed by atoms with E-state index in [1.165, 1.54) is 5.56 Å². The fourth-order valence-corrected chi connectivity index (χ4v) is 3.26. The van der Waals surface area contributed by atoms with Crippen molar-refractivity contribution in [2.45, 2.75) is 13.0 Å². The summed E-state index contributed by atoms with van der Waals surface area (Å²) < 4.78 is 0. The normalized spacial score (nSPS) is 15.0. The maximum absolute atomic E-state index is 12.7. The van der Waals surface area contributed by atoms with Gasteiger partial charge >= 0.3 is 0 Å². The predicted octanol–water partition coefficient (Wildman–Crippen LogP) is 1.80. The zero-order valence-corrected chi connectivity index (χ0v) is 16.8. The van der Waals surface area contributed by atoms with Crippen LogP contribution in [-0.2, 0) is 6.54 Å². The van der Waals surface area contributed by atoms with Gasteiger partial charge in [0.25, 0.3) is 5.91 Å². The van der Waals surface area contributed by atoms with E-state index in [9.17, 15) is 4.79 Å². The number of benzene rings is 1. The van der Waals surface area contributed by atoms with Gasteiger partial charge in [-0.05, 0) is 32.6 Å². The van der Waals surface area contributed by atoms with E-state index in [-0.39, 0.29) is 5.91 Å². The van der Waals surface area contributed by atoms with Gasteiger partial charge in [0.1, 0.15) is 0 Å². The Morgan fingerprint density at radius 2 is 1.75 bits per heavy atom. The molecule has 2 heterocycles. The first kappa shape index (κ1) is 20.2. The van der Waals surface area contributed by atoms with Gasteiger partial charge < -0.3 is 15.1 Å². The van der Waals surface area contributed by atoms with Crippen molar-refractivity contribution in [2.75, 3.05) is 58.7 Å². The quantitative estimate of drug-likeness (QED) is 0.703. The minimum absolute atomic E-state index is 0.0125. The molecule has 1 aliphatic heterocycles. The van der Waals surface area contributed by atoms with E-state index < -0.39 is 0 Å². The lowest BCUT2D eigenvalue weighted by Gasteiger charge is -2.34. The van der Waals surface area contributed by atoms with Crippen molar-refractivity contribution in [1.29, 1.82) is 0 Å². The third kappa shape index (κ3) is 6.00. The summed E-state index contributed by atoms with van der Waals surface area (Å²) in [6.45, 7) is 5.99. The van der Waals surface area contributed by atoms with Gasteiger partial charge in [-0.15, -0.1) is 0 Å². The zero-order valence-electron chi connectivity index (χ0n) is 16.8. The second kappa shape index (κ2) is 10.1. The number of carbonyl (C=O) groups excluding carboxylic acids is 1. The van der Waals surface area contributed by atoms with E-state index in [4.69, 9.17) is 0 Å². The van der Waals surface area contributed by atoms with Crippen molar-refractivity contribution in [2.24, 2.45) is 0 Å². The van der Waals surface area contributed by atoms with Crippen LogP contribution in [0.2, 0.25) is 0 Å². The summed E-state index contributed by atoms with van der Waals surface area (Å²) in [7, 11) is 4.11. The molecule has 7 nitrogen and oxygen atoms in total. The van der Waals surface area contributed by atoms with Crippen LogP contribution in [-0.4, -0.2) is 83.9 Å². The second-order valence-electron chi connectivity index (χ2n) is 7.43. The Morgan fingerprint density at radius 3 is 2.39 bits per heavy atom. The molecule has 1 amide bonds. The number of nitrogens with one attached hydrogen (secondary N) is 1. The van der Waals surface area contributed by atoms with E-state index in [1.807, 2.05) is 11.0 Å². The van der Waals surface area contributed by atoms with Crippen molar-refractivity contribution >= 4 is 11.9 Å². The standard InChI is InChI=1S/C21H30N6O/c1-25(2)10-6-9-22-21-23-15-19(16-24-21)20(28)27-13-11-26(12-14-27)17-18-7-4-3-5-8-18/h3-5,7-8,15-16H,6,9-14,17H2,1-2H3,(H,22,23,24). The van der Waals surface area contributed by atoms with Gasteiger partial charge in [0.05, 0.1) is 5.56 Å². The summed E-state index contributed by atoms with van der Waals surface area (Å²) in [5, 5.41) is 3.19. The lowest BCUT2D eigenvalue weighted by atomic mass is 10.2. The van der Waals surface area contributed by atoms with Crippen LogP contribution in [0.5, 0.6) is 0 Å². The summed E-state index contributed by atoms with van der Waals surface area (Å²) in [5.41, 5.74) is 1.86. The molecule has 28 heavy (non-hydrogen) atoms. The van der Waals surface area contributed by atoms with Gasteiger partial charge in [0, 0.05) is 51.7 Å². The van der Waals surface area contributed by atoms with Crippen molar-refractivity contribution in [3.8, 4) is 0 Å². The van der Waals surface area contributed by atoms with Crippen LogP contribution >= 0.6 is 0 Å². The molecule has 2 aromatic rings. The molecule has 0 bridgehead atoms. The third-order valence-electron chi connectivity index (χ3n) is 4.87. The van der Waals surface area contributed by atoms with E-state index in [0.29, 0.717) is 11.5 Å². The lowest BCUT2D eigenvalue weighted by Crippen LogP contribution is -2.48. The largest absolute Gasteiger partial charge is 0.354 e. The fourth-order valence-electron chi connectivity index (χ4n) is 3.26. The highest BCUT2D eigenvalue weighted by Gasteiger charge is 2.22. The molecule has 1 fully saturated rings. The molecule has 150 valence electrons. The summed E-state index contributed by atoms with van der Waals surface area (Å²) in [6, 6.07) is 10.5. The van der Waals surface area contributed by atoms with E-state index in [1.54, 1.807) is 12.4 Å². The highest BCUT2D eigenvalue weighted by atomic mass is 16.2. The SMILES string of the molecule is CN(C)CCCNc1ncc(C(=O)N2CCN(Cc3ccccc3)CC2)cn1. The van der Waals surface area contributed by atoms with Crippen LogP contribution in [0, 0.1) is 0 Å². The number of rotatable bonds is 8. The van der Waals surface area contributed by atoms with Crippen LogP contribution in [0.4, 0.5) is 5.95 Å². The van der Waals surface area contributed by atoms with Crippen molar-refractivity contribution < 1.29 is 4.79 Å². The summed E-state index contributed by atoms with van der Waals surface area (Å²) in [5.74, 6) is 0.585. The number of amides is 1. The van der Waals surface area contributed by atoms with Crippen LogP contribution in [0.25, 0.3) is 0 Å². The first-order valence-electron chi connectivity index (χ1n) is 9.88. The van der Waals surface area contributed by atoms with Gasteiger partial charge in [0.2, 0.25) is 5.95 Å². The number of hydrogen-bond donors (Lipinski definition) is 1. The van der Waals surface area contributed by atoms with Crippen LogP contribution in [0.1, 0.15) is 22.3 Å². The molecule has 3 rings (SSSR count). The number of aromatic nitrogens is 2. The fraction of sp³-hybridized carbons (Fsp3) is 0.476. The Balaban J connectivity index is 1.44. The summed E-state index contributed by atoms with van der Waals surface area (Å²) in [4.78, 5) is 27.7. The van der Waals surface area contributed by atoms with Gasteiger partial charge in [-0.25, -0.2) is 9.97 Å². The summed E-state index contributed by atoms with van der Waals surface area (Å²) >= 11 is 0. The van der Waals surface area contributed by atoms with E-state index in [0.717, 1.165) is 52.2 Å². The Morgan fingerprint density at radius 1 is 1.07 bits per heavy atom. The van der Waals surface area contributed by atoms with Crippen molar-refractivity contribution in [1.82, 2.24) is 24.7 Å². The molecular weight excluding hydrogens is 352 g/mol. The Hall–Kier alpha value is -2.51. The zero-order chi connectivity index (χ0) is 19.8. The molecule has 0 aliphatic carbocycles. The number of nitrogens with zero attached hydrogens (tertiary/aromatic N) is 5. The topological polar surface area (TPSA) is 64.6 Å². The molecule has 0 unspecified atom stereocenters. The Bertz CT molecular complexity index is 726. The van der Waals surface area contributed by atoms with Gasteiger partial charge in [-0.2, -0.15) is 0 Å². The molecule has 7 heteroatoms. The molecule has 1 aliphatic rings. The molecule has 1 saturated heterocycles. The smallest absolute Gasteiger partial charge is 0.257 e. The minimum Gasteiger partial charge on any atom is -0.354 e. The second-order valence-corrected chi connectivity index (χ2v) is 7.43. The minimum atomic E-state index is 0.0125. The van der Waals surface area contributed by atoms with Crippen LogP contribution in [0.3, 0.4) is 0 Å². The molecule has 0 saturated carbocycles. The van der Waals surface area contributed by atoms with E-state index in [2.05, 4.69) is 63.4 Å². The average Bonchev–Trinajstić information content (AvgIpc) is 2.72. The number of piperazine rings is 1. The van der Waals surface area contributed by atoms with Crippen LogP contribution < -0.4 is 5.32 Å². The highest BCUT2D eigenvalue weighted by Crippen LogP contribution is 2.11. The maximum Gasteiger partial charge on any atom is 0.257 e. The molecular formula is C21H30N6O. The number of anilines is 1. The Labute approximate surface area is 167 Å². The van der Waals surface area contributed by atoms with Crippen LogP contribution in [0.15, 0.2) is 42.7 Å². The summed E-state index contributed by atoms with van der Waals surface area (Å²) in [6.07, 6.45) is 4.27. The monoisotopic (exact) mass is 382 g/mol. The molecule has 1 aromatic carbocycles. The number of carbonyl (C=O) groups is 1. The maximum atomic E-state index is 12.7. The molecule has 1 N–H and O–H groups in total. The van der Waals surface area contributed by atoms with Gasteiger partial charge in [-0.1, -0.05) is 30.3 Å². The van der Waals surface area contributed by atoms with Crippen molar-refractivity contribution in [3.63, 3.8) is 0 Å². The van der Waals surface area contributed by atoms with Gasteiger partial charge in [-0.3, -0.25) is 9.69 Å².